The van der Waals surface area contributed by atoms with Gasteiger partial charge in [0.25, 0.3) is 0 Å². The fraction of sp³-hybridized carbons (Fsp3) is 0.300. The Morgan fingerprint density at radius 1 is 1.12 bits per heavy atom. The van der Waals surface area contributed by atoms with Crippen LogP contribution in [0, 0.1) is 0 Å². The first-order valence-corrected chi connectivity index (χ1v) is 8.08. The Labute approximate surface area is 142 Å². The van der Waals surface area contributed by atoms with Crippen LogP contribution in [-0.2, 0) is 33.7 Å². The molecule has 4 nitrogen and oxygen atoms in total. The molecule has 2 aromatic rings. The van der Waals surface area contributed by atoms with Crippen molar-refractivity contribution in [3.05, 3.63) is 65.2 Å². The summed E-state index contributed by atoms with van der Waals surface area (Å²) in [6.45, 7) is 2.24. The first-order chi connectivity index (χ1) is 11.6. The zero-order chi connectivity index (χ0) is 17.1. The van der Waals surface area contributed by atoms with Crippen molar-refractivity contribution in [3.63, 3.8) is 0 Å². The standard InChI is InChI=1S/C20H21NO3/c1-14(22)10-16-8-9-18-17(11-16)12-19(20(23)24-2)21(18)13-15-6-4-3-5-7-15/h3-9,11,19H,10,12-13H2,1-2H3. The zero-order valence-corrected chi connectivity index (χ0v) is 14.0. The largest absolute Gasteiger partial charge is 0.467 e. The van der Waals surface area contributed by atoms with Gasteiger partial charge in [0, 0.05) is 25.1 Å². The van der Waals surface area contributed by atoms with Gasteiger partial charge in [-0.3, -0.25) is 4.79 Å². The third kappa shape index (κ3) is 3.32. The molecule has 0 radical (unpaired) electrons. The summed E-state index contributed by atoms with van der Waals surface area (Å²) in [6.07, 6.45) is 1.04. The summed E-state index contributed by atoms with van der Waals surface area (Å²) in [5.74, 6) is -0.0890. The Morgan fingerprint density at radius 2 is 1.88 bits per heavy atom. The molecule has 0 amide bonds. The molecule has 0 N–H and O–H groups in total. The fourth-order valence-electron chi connectivity index (χ4n) is 3.29. The van der Waals surface area contributed by atoms with Crippen LogP contribution in [0.3, 0.4) is 0 Å². The lowest BCUT2D eigenvalue weighted by atomic mass is 10.0. The lowest BCUT2D eigenvalue weighted by Crippen LogP contribution is -2.39. The molecule has 24 heavy (non-hydrogen) atoms. The molecule has 1 aliphatic rings. The summed E-state index contributed by atoms with van der Waals surface area (Å²) in [7, 11) is 1.42. The van der Waals surface area contributed by atoms with Crippen molar-refractivity contribution < 1.29 is 14.3 Å². The minimum atomic E-state index is -0.321. The van der Waals surface area contributed by atoms with Crippen molar-refractivity contribution in [1.82, 2.24) is 0 Å². The van der Waals surface area contributed by atoms with E-state index in [4.69, 9.17) is 4.74 Å². The van der Waals surface area contributed by atoms with Crippen LogP contribution in [0.15, 0.2) is 48.5 Å². The molecule has 0 spiro atoms. The number of fused-ring (bicyclic) bond motifs is 1. The highest BCUT2D eigenvalue weighted by Gasteiger charge is 2.35. The summed E-state index contributed by atoms with van der Waals surface area (Å²) in [6, 6.07) is 15.8. The first kappa shape index (κ1) is 16.2. The van der Waals surface area contributed by atoms with Gasteiger partial charge in [0.15, 0.2) is 0 Å². The first-order valence-electron chi connectivity index (χ1n) is 8.08. The van der Waals surface area contributed by atoms with Crippen LogP contribution < -0.4 is 4.90 Å². The number of carbonyl (C=O) groups excluding carboxylic acids is 2. The molecule has 1 atom stereocenters. The molecule has 0 aliphatic carbocycles. The van der Waals surface area contributed by atoms with Crippen molar-refractivity contribution in [2.24, 2.45) is 0 Å². The van der Waals surface area contributed by atoms with Gasteiger partial charge >= 0.3 is 5.97 Å². The molecule has 2 aromatic carbocycles. The predicted octanol–water partition coefficient (Wildman–Crippen LogP) is 2.92. The number of rotatable bonds is 5. The number of hydrogen-bond donors (Lipinski definition) is 0. The average Bonchev–Trinajstić information content (AvgIpc) is 2.92. The highest BCUT2D eigenvalue weighted by Crippen LogP contribution is 2.35. The number of methoxy groups -OCH3 is 1. The summed E-state index contributed by atoms with van der Waals surface area (Å²) >= 11 is 0. The van der Waals surface area contributed by atoms with E-state index in [1.165, 1.54) is 7.11 Å². The third-order valence-electron chi connectivity index (χ3n) is 4.36. The van der Waals surface area contributed by atoms with Crippen LogP contribution >= 0.6 is 0 Å². The number of esters is 1. The topological polar surface area (TPSA) is 46.6 Å². The van der Waals surface area contributed by atoms with Gasteiger partial charge in [-0.1, -0.05) is 42.5 Å². The Balaban J connectivity index is 1.92. The lowest BCUT2D eigenvalue weighted by Gasteiger charge is -2.26. The second-order valence-electron chi connectivity index (χ2n) is 6.20. The van der Waals surface area contributed by atoms with Crippen molar-refractivity contribution in [2.75, 3.05) is 12.0 Å². The van der Waals surface area contributed by atoms with Crippen molar-refractivity contribution >= 4 is 17.4 Å². The van der Waals surface area contributed by atoms with E-state index in [2.05, 4.69) is 17.0 Å². The molecular weight excluding hydrogens is 302 g/mol. The van der Waals surface area contributed by atoms with Crippen LogP contribution in [-0.4, -0.2) is 24.9 Å². The third-order valence-corrected chi connectivity index (χ3v) is 4.36. The molecule has 0 saturated heterocycles. The maximum absolute atomic E-state index is 12.2. The van der Waals surface area contributed by atoms with Gasteiger partial charge in [-0.05, 0) is 29.7 Å². The van der Waals surface area contributed by atoms with E-state index in [1.54, 1.807) is 6.92 Å². The molecule has 3 rings (SSSR count). The summed E-state index contributed by atoms with van der Waals surface area (Å²) in [4.78, 5) is 25.7. The number of carbonyl (C=O) groups is 2. The van der Waals surface area contributed by atoms with E-state index >= 15 is 0 Å². The van der Waals surface area contributed by atoms with Crippen LogP contribution in [0.1, 0.15) is 23.6 Å². The minimum Gasteiger partial charge on any atom is -0.467 e. The summed E-state index contributed by atoms with van der Waals surface area (Å²) in [5, 5.41) is 0. The molecule has 124 valence electrons. The van der Waals surface area contributed by atoms with Crippen LogP contribution in [0.2, 0.25) is 0 Å². The van der Waals surface area contributed by atoms with Gasteiger partial charge < -0.3 is 9.64 Å². The average molecular weight is 323 g/mol. The van der Waals surface area contributed by atoms with Crippen molar-refractivity contribution in [2.45, 2.75) is 32.4 Å². The van der Waals surface area contributed by atoms with Crippen molar-refractivity contribution in [1.29, 1.82) is 0 Å². The normalized spacial score (nSPS) is 15.9. The van der Waals surface area contributed by atoms with E-state index in [9.17, 15) is 9.59 Å². The summed E-state index contributed by atoms with van der Waals surface area (Å²) in [5.41, 5.74) is 4.28. The van der Waals surface area contributed by atoms with Gasteiger partial charge in [-0.15, -0.1) is 0 Å². The molecule has 1 unspecified atom stereocenters. The molecule has 0 aromatic heterocycles. The maximum Gasteiger partial charge on any atom is 0.328 e. The number of anilines is 1. The SMILES string of the molecule is COC(=O)C1Cc2cc(CC(C)=O)ccc2N1Cc1ccccc1. The molecule has 1 heterocycles. The van der Waals surface area contributed by atoms with E-state index in [0.717, 1.165) is 22.4 Å². The number of benzene rings is 2. The molecule has 0 fully saturated rings. The van der Waals surface area contributed by atoms with Gasteiger partial charge in [0.1, 0.15) is 11.8 Å². The zero-order valence-electron chi connectivity index (χ0n) is 14.0. The van der Waals surface area contributed by atoms with Gasteiger partial charge in [-0.2, -0.15) is 0 Å². The van der Waals surface area contributed by atoms with E-state index in [-0.39, 0.29) is 17.8 Å². The number of nitrogens with zero attached hydrogens (tertiary/aromatic N) is 1. The minimum absolute atomic E-state index is 0.138. The van der Waals surface area contributed by atoms with Gasteiger partial charge in [0.2, 0.25) is 0 Å². The fourth-order valence-corrected chi connectivity index (χ4v) is 3.29. The van der Waals surface area contributed by atoms with Crippen LogP contribution in [0.25, 0.3) is 0 Å². The Hall–Kier alpha value is -2.62. The summed E-state index contributed by atoms with van der Waals surface area (Å²) < 4.78 is 4.99. The monoisotopic (exact) mass is 323 g/mol. The second kappa shape index (κ2) is 6.87. The smallest absolute Gasteiger partial charge is 0.328 e. The van der Waals surface area contributed by atoms with Crippen molar-refractivity contribution in [3.8, 4) is 0 Å². The Morgan fingerprint density at radius 3 is 2.54 bits per heavy atom. The second-order valence-corrected chi connectivity index (χ2v) is 6.20. The van der Waals surface area contributed by atoms with E-state index < -0.39 is 0 Å². The number of Topliss-reactive ketones (excluding diaryl/α,β-unsaturated/α-hetero) is 1. The van der Waals surface area contributed by atoms with Crippen LogP contribution in [0.5, 0.6) is 0 Å². The van der Waals surface area contributed by atoms with Gasteiger partial charge in [0.05, 0.1) is 7.11 Å². The molecule has 0 saturated carbocycles. The highest BCUT2D eigenvalue weighted by molar-refractivity contribution is 5.84. The quantitative estimate of drug-likeness (QED) is 0.794. The molecular formula is C20H21NO3. The van der Waals surface area contributed by atoms with E-state index in [1.807, 2.05) is 36.4 Å². The molecule has 0 bridgehead atoms. The maximum atomic E-state index is 12.2. The van der Waals surface area contributed by atoms with Crippen LogP contribution in [0.4, 0.5) is 5.69 Å². The highest BCUT2D eigenvalue weighted by atomic mass is 16.5. The van der Waals surface area contributed by atoms with E-state index in [0.29, 0.717) is 19.4 Å². The molecule has 1 aliphatic heterocycles. The predicted molar refractivity (Wildman–Crippen MR) is 93.0 cm³/mol. The Kier molecular flexibility index (Phi) is 4.65. The Bertz CT molecular complexity index is 755. The number of ether oxygens (including phenoxy) is 1. The number of hydrogen-bond acceptors (Lipinski definition) is 4. The van der Waals surface area contributed by atoms with Gasteiger partial charge in [-0.25, -0.2) is 4.79 Å². The molecule has 4 heteroatoms. The lowest BCUT2D eigenvalue weighted by molar-refractivity contribution is -0.142. The number of ketones is 1.